The molecule has 0 radical (unpaired) electrons. The summed E-state index contributed by atoms with van der Waals surface area (Å²) in [4.78, 5) is 23.3. The molecule has 2 aromatic rings. The molecule has 0 atom stereocenters. The van der Waals surface area contributed by atoms with Gasteiger partial charge in [-0.15, -0.1) is 0 Å². The minimum Gasteiger partial charge on any atom is -0.321 e. The van der Waals surface area contributed by atoms with Gasteiger partial charge < -0.3 is 10.6 Å². The molecule has 2 amide bonds. The molecule has 2 aromatic carbocycles. The molecule has 0 fully saturated rings. The van der Waals surface area contributed by atoms with Gasteiger partial charge in [0.2, 0.25) is 21.7 Å². The van der Waals surface area contributed by atoms with E-state index >= 15 is 0 Å². The highest BCUT2D eigenvalue weighted by molar-refractivity contribution is 7.91. The van der Waals surface area contributed by atoms with Crippen LogP contribution >= 0.6 is 0 Å². The van der Waals surface area contributed by atoms with E-state index in [1.165, 1.54) is 30.3 Å². The second-order valence-electron chi connectivity index (χ2n) is 4.88. The maximum absolute atomic E-state index is 12.9. The minimum absolute atomic E-state index is 0.0357. The topological polar surface area (TPSA) is 92.3 Å². The van der Waals surface area contributed by atoms with Crippen LogP contribution in [0, 0.1) is 0 Å². The maximum Gasteiger partial charge on any atom is 0.247 e. The first kappa shape index (κ1) is 18.2. The van der Waals surface area contributed by atoms with Crippen LogP contribution < -0.4 is 10.6 Å². The number of hydrogen-bond acceptors (Lipinski definition) is 4. The van der Waals surface area contributed by atoms with Crippen molar-refractivity contribution in [2.75, 3.05) is 10.6 Å². The molecule has 0 saturated heterocycles. The van der Waals surface area contributed by atoms with Crippen LogP contribution in [0.3, 0.4) is 0 Å². The lowest BCUT2D eigenvalue weighted by atomic mass is 10.2. The summed E-state index contributed by atoms with van der Waals surface area (Å²) in [5, 5.41) is 4.93. The van der Waals surface area contributed by atoms with Crippen molar-refractivity contribution >= 4 is 33.0 Å². The Labute approximate surface area is 145 Å². The van der Waals surface area contributed by atoms with Crippen LogP contribution in [0.2, 0.25) is 0 Å². The molecule has 0 bridgehead atoms. The van der Waals surface area contributed by atoms with Gasteiger partial charge in [0, 0.05) is 0 Å². The second-order valence-corrected chi connectivity index (χ2v) is 6.80. The molecule has 0 aliphatic rings. The van der Waals surface area contributed by atoms with Gasteiger partial charge >= 0.3 is 0 Å². The molecule has 2 N–H and O–H groups in total. The fourth-order valence-corrected chi connectivity index (χ4v) is 3.53. The van der Waals surface area contributed by atoms with Crippen molar-refractivity contribution in [1.29, 1.82) is 0 Å². The van der Waals surface area contributed by atoms with Crippen LogP contribution in [0.15, 0.2) is 83.6 Å². The molecule has 0 aliphatic heterocycles. The van der Waals surface area contributed by atoms with Crippen molar-refractivity contribution in [1.82, 2.24) is 0 Å². The molecular formula is C18H16N2O4S. The van der Waals surface area contributed by atoms with Crippen molar-refractivity contribution in [3.63, 3.8) is 0 Å². The Morgan fingerprint density at radius 2 is 1.44 bits per heavy atom. The third-order valence-corrected chi connectivity index (χ3v) is 5.06. The van der Waals surface area contributed by atoms with Gasteiger partial charge in [0.15, 0.2) is 0 Å². The fraction of sp³-hybridized carbons (Fsp3) is 0. The quantitative estimate of drug-likeness (QED) is 0.779. The molecule has 0 unspecified atom stereocenters. The van der Waals surface area contributed by atoms with Gasteiger partial charge in [-0.3, -0.25) is 9.59 Å². The summed E-state index contributed by atoms with van der Waals surface area (Å²) >= 11 is 0. The number of amides is 2. The summed E-state index contributed by atoms with van der Waals surface area (Å²) in [5.74, 6) is -1.15. The zero-order valence-electron chi connectivity index (χ0n) is 13.2. The predicted molar refractivity (Wildman–Crippen MR) is 96.0 cm³/mol. The summed E-state index contributed by atoms with van der Waals surface area (Å²) in [6.45, 7) is 6.70. The first-order chi connectivity index (χ1) is 11.9. The Hall–Kier alpha value is -3.19. The zero-order chi connectivity index (χ0) is 18.4. The number of rotatable bonds is 6. The number of carbonyl (C=O) groups excluding carboxylic acids is 2. The van der Waals surface area contributed by atoms with Crippen LogP contribution in [0.1, 0.15) is 0 Å². The average molecular weight is 356 g/mol. The molecule has 25 heavy (non-hydrogen) atoms. The normalized spacial score (nSPS) is 10.6. The van der Waals surface area contributed by atoms with Crippen molar-refractivity contribution in [2.24, 2.45) is 0 Å². The van der Waals surface area contributed by atoms with Crippen molar-refractivity contribution in [3.8, 4) is 0 Å². The molecule has 0 spiro atoms. The third-order valence-electron chi connectivity index (χ3n) is 3.25. The monoisotopic (exact) mass is 356 g/mol. The first-order valence-corrected chi connectivity index (χ1v) is 8.68. The number of para-hydroxylation sites is 1. The predicted octanol–water partition coefficient (Wildman–Crippen LogP) is 2.77. The summed E-state index contributed by atoms with van der Waals surface area (Å²) in [5.41, 5.74) is 0.101. The Kier molecular flexibility index (Phi) is 5.51. The molecule has 6 nitrogen and oxygen atoms in total. The smallest absolute Gasteiger partial charge is 0.247 e. The number of hydrogen-bond donors (Lipinski definition) is 2. The zero-order valence-corrected chi connectivity index (χ0v) is 14.0. The standard InChI is InChI=1S/C18H16N2O4S/c1-3-16(21)19-14-11-8-12-15(18(14)20-17(22)4-2)25(23,24)13-9-6-5-7-10-13/h3-12H,1-2H2,(H,19,21)(H,20,22). The van der Waals surface area contributed by atoms with Crippen LogP contribution in [0.5, 0.6) is 0 Å². The van der Waals surface area contributed by atoms with Crippen LogP contribution in [-0.2, 0) is 19.4 Å². The number of sulfone groups is 1. The molecule has 7 heteroatoms. The van der Waals surface area contributed by atoms with Gasteiger partial charge in [0.05, 0.1) is 21.2 Å². The van der Waals surface area contributed by atoms with Gasteiger partial charge in [0.1, 0.15) is 0 Å². The second kappa shape index (κ2) is 7.59. The molecular weight excluding hydrogens is 340 g/mol. The minimum atomic E-state index is -3.91. The van der Waals surface area contributed by atoms with Gasteiger partial charge in [0.25, 0.3) is 0 Å². The Balaban J connectivity index is 2.66. The van der Waals surface area contributed by atoms with E-state index in [-0.39, 0.29) is 21.2 Å². The highest BCUT2D eigenvalue weighted by atomic mass is 32.2. The number of nitrogens with one attached hydrogen (secondary N) is 2. The molecule has 0 aromatic heterocycles. The molecule has 0 saturated carbocycles. The van der Waals surface area contributed by atoms with E-state index in [1.54, 1.807) is 18.2 Å². The number of benzene rings is 2. The van der Waals surface area contributed by atoms with E-state index in [2.05, 4.69) is 23.8 Å². The third kappa shape index (κ3) is 4.02. The Morgan fingerprint density at radius 1 is 0.840 bits per heavy atom. The first-order valence-electron chi connectivity index (χ1n) is 7.20. The van der Waals surface area contributed by atoms with E-state index in [9.17, 15) is 18.0 Å². The molecule has 0 aliphatic carbocycles. The van der Waals surface area contributed by atoms with Crippen molar-refractivity contribution < 1.29 is 18.0 Å². The molecule has 2 rings (SSSR count). The Morgan fingerprint density at radius 3 is 2.04 bits per heavy atom. The van der Waals surface area contributed by atoms with E-state index in [1.807, 2.05) is 0 Å². The van der Waals surface area contributed by atoms with Crippen molar-refractivity contribution in [3.05, 3.63) is 73.8 Å². The van der Waals surface area contributed by atoms with Crippen LogP contribution in [-0.4, -0.2) is 20.2 Å². The highest BCUT2D eigenvalue weighted by Crippen LogP contribution is 2.33. The van der Waals surface area contributed by atoms with E-state index in [0.717, 1.165) is 12.2 Å². The van der Waals surface area contributed by atoms with Crippen LogP contribution in [0.25, 0.3) is 0 Å². The SMILES string of the molecule is C=CC(=O)Nc1cccc(S(=O)(=O)c2ccccc2)c1NC(=O)C=C. The van der Waals surface area contributed by atoms with E-state index in [4.69, 9.17) is 0 Å². The lowest BCUT2D eigenvalue weighted by Gasteiger charge is -2.15. The fourth-order valence-electron chi connectivity index (χ4n) is 2.07. The van der Waals surface area contributed by atoms with Gasteiger partial charge in [-0.05, 0) is 36.4 Å². The van der Waals surface area contributed by atoms with Gasteiger partial charge in [-0.2, -0.15) is 0 Å². The summed E-state index contributed by atoms with van der Waals surface area (Å²) < 4.78 is 25.8. The lowest BCUT2D eigenvalue weighted by Crippen LogP contribution is -2.16. The molecule has 128 valence electrons. The summed E-state index contributed by atoms with van der Waals surface area (Å²) in [7, 11) is -3.91. The summed E-state index contributed by atoms with van der Waals surface area (Å²) in [6, 6.07) is 12.1. The lowest BCUT2D eigenvalue weighted by molar-refractivity contribution is -0.112. The maximum atomic E-state index is 12.9. The number of anilines is 2. The average Bonchev–Trinajstić information content (AvgIpc) is 2.63. The number of carbonyl (C=O) groups is 2. The summed E-state index contributed by atoms with van der Waals surface area (Å²) in [6.07, 6.45) is 2.04. The van der Waals surface area contributed by atoms with Crippen LogP contribution in [0.4, 0.5) is 11.4 Å². The van der Waals surface area contributed by atoms with Gasteiger partial charge in [-0.1, -0.05) is 37.4 Å². The van der Waals surface area contributed by atoms with Crippen molar-refractivity contribution in [2.45, 2.75) is 9.79 Å². The largest absolute Gasteiger partial charge is 0.321 e. The molecule has 0 heterocycles. The highest BCUT2D eigenvalue weighted by Gasteiger charge is 2.24. The van der Waals surface area contributed by atoms with Gasteiger partial charge in [-0.25, -0.2) is 8.42 Å². The van der Waals surface area contributed by atoms with E-state index < -0.39 is 21.7 Å². The van der Waals surface area contributed by atoms with E-state index in [0.29, 0.717) is 0 Å². The Bertz CT molecular complexity index is 935.